The predicted molar refractivity (Wildman–Crippen MR) is 85.1 cm³/mol. The van der Waals surface area contributed by atoms with Gasteiger partial charge in [-0.15, -0.1) is 0 Å². The number of hydrogen-bond acceptors (Lipinski definition) is 4. The van der Waals surface area contributed by atoms with Crippen LogP contribution in [0.3, 0.4) is 0 Å². The van der Waals surface area contributed by atoms with Gasteiger partial charge in [0.15, 0.2) is 6.17 Å². The summed E-state index contributed by atoms with van der Waals surface area (Å²) in [5.74, 6) is 0. The van der Waals surface area contributed by atoms with Crippen LogP contribution in [0.4, 0.5) is 0 Å². The minimum atomic E-state index is -0.295. The molecule has 1 aliphatic rings. The van der Waals surface area contributed by atoms with Gasteiger partial charge < -0.3 is 4.57 Å². The maximum absolute atomic E-state index is 9.73. The van der Waals surface area contributed by atoms with Gasteiger partial charge >= 0.3 is 0 Å². The lowest BCUT2D eigenvalue weighted by Crippen LogP contribution is -2.35. The zero-order valence-electron chi connectivity index (χ0n) is 12.3. The first kappa shape index (κ1) is 13.2. The second-order valence-electron chi connectivity index (χ2n) is 5.76. The van der Waals surface area contributed by atoms with E-state index >= 15 is 0 Å². The molecule has 5 nitrogen and oxygen atoms in total. The Bertz CT molecular complexity index is 854. The van der Waals surface area contributed by atoms with Gasteiger partial charge in [0.2, 0.25) is 0 Å². The molecule has 22 heavy (non-hydrogen) atoms. The molecule has 4 rings (SSSR count). The van der Waals surface area contributed by atoms with Gasteiger partial charge in [0.1, 0.15) is 11.6 Å². The van der Waals surface area contributed by atoms with E-state index in [1.165, 1.54) is 6.42 Å². The number of nitriles is 1. The molecular weight excluding hydrogens is 274 g/mol. The average molecular weight is 291 g/mol. The third-order valence-electron chi connectivity index (χ3n) is 4.42. The molecule has 1 fully saturated rings. The van der Waals surface area contributed by atoms with Crippen LogP contribution in [-0.4, -0.2) is 32.5 Å². The van der Waals surface area contributed by atoms with Crippen molar-refractivity contribution < 1.29 is 0 Å². The molecule has 0 bridgehead atoms. The molecule has 3 heterocycles. The number of hydrogen-bond donors (Lipinski definition) is 0. The fourth-order valence-electron chi connectivity index (χ4n) is 3.33. The zero-order valence-corrected chi connectivity index (χ0v) is 12.3. The van der Waals surface area contributed by atoms with Gasteiger partial charge in [-0.05, 0) is 18.9 Å². The van der Waals surface area contributed by atoms with Crippen molar-refractivity contribution >= 4 is 21.9 Å². The highest BCUT2D eigenvalue weighted by Crippen LogP contribution is 2.27. The van der Waals surface area contributed by atoms with Crippen LogP contribution in [0.15, 0.2) is 36.8 Å². The van der Waals surface area contributed by atoms with Crippen LogP contribution in [0, 0.1) is 11.3 Å². The van der Waals surface area contributed by atoms with Crippen LogP contribution < -0.4 is 0 Å². The van der Waals surface area contributed by atoms with Crippen molar-refractivity contribution in [2.24, 2.45) is 0 Å². The van der Waals surface area contributed by atoms with Crippen molar-refractivity contribution in [1.29, 1.82) is 5.26 Å². The van der Waals surface area contributed by atoms with E-state index in [1.54, 1.807) is 12.5 Å². The third-order valence-corrected chi connectivity index (χ3v) is 4.42. The Kier molecular flexibility index (Phi) is 3.24. The van der Waals surface area contributed by atoms with Gasteiger partial charge in [-0.1, -0.05) is 24.6 Å². The summed E-state index contributed by atoms with van der Waals surface area (Å²) in [6.45, 7) is 1.95. The Morgan fingerprint density at radius 3 is 2.68 bits per heavy atom. The molecule has 1 saturated heterocycles. The smallest absolute Gasteiger partial charge is 0.177 e. The first-order valence-electron chi connectivity index (χ1n) is 7.72. The van der Waals surface area contributed by atoms with Gasteiger partial charge in [0.05, 0.1) is 23.6 Å². The lowest BCUT2D eigenvalue weighted by molar-refractivity contribution is 0.155. The molecule has 1 aliphatic heterocycles. The van der Waals surface area contributed by atoms with E-state index in [2.05, 4.69) is 20.9 Å². The van der Waals surface area contributed by atoms with E-state index in [0.717, 1.165) is 47.9 Å². The molecule has 0 saturated carbocycles. The third kappa shape index (κ3) is 2.04. The quantitative estimate of drug-likeness (QED) is 0.728. The number of fused-ring (bicyclic) bond motifs is 3. The van der Waals surface area contributed by atoms with Crippen molar-refractivity contribution in [1.82, 2.24) is 19.4 Å². The highest BCUT2D eigenvalue weighted by atomic mass is 15.3. The van der Waals surface area contributed by atoms with E-state index in [9.17, 15) is 5.26 Å². The summed E-state index contributed by atoms with van der Waals surface area (Å²) < 4.78 is 2.00. The Balaban J connectivity index is 1.90. The number of nitrogens with zero attached hydrogens (tertiary/aromatic N) is 5. The highest BCUT2D eigenvalue weighted by Gasteiger charge is 2.24. The molecule has 1 unspecified atom stereocenters. The van der Waals surface area contributed by atoms with E-state index in [1.807, 2.05) is 28.8 Å². The standard InChI is InChI=1S/C17H17N5/c18-10-16(21-8-4-1-5-9-21)22-12-20-15-11-19-14-7-3-2-6-13(14)17(15)22/h2-3,6-7,11-12,16H,1,4-5,8-9H2. The molecule has 0 N–H and O–H groups in total. The predicted octanol–water partition coefficient (Wildman–Crippen LogP) is 3.09. The number of piperidine rings is 1. The van der Waals surface area contributed by atoms with Crippen LogP contribution in [0.1, 0.15) is 25.4 Å². The molecule has 3 aromatic rings. The largest absolute Gasteiger partial charge is 0.300 e. The highest BCUT2D eigenvalue weighted by molar-refractivity contribution is 6.02. The topological polar surface area (TPSA) is 57.7 Å². The summed E-state index contributed by atoms with van der Waals surface area (Å²) in [4.78, 5) is 11.2. The molecule has 2 aromatic heterocycles. The Labute approximate surface area is 128 Å². The molecule has 5 heteroatoms. The maximum Gasteiger partial charge on any atom is 0.177 e. The zero-order chi connectivity index (χ0) is 14.9. The second-order valence-corrected chi connectivity index (χ2v) is 5.76. The molecule has 0 spiro atoms. The average Bonchev–Trinajstić information content (AvgIpc) is 3.01. The number of benzene rings is 1. The maximum atomic E-state index is 9.73. The van der Waals surface area contributed by atoms with E-state index in [4.69, 9.17) is 0 Å². The fraction of sp³-hybridized carbons (Fsp3) is 0.353. The Hall–Kier alpha value is -2.45. The monoisotopic (exact) mass is 291 g/mol. The summed E-state index contributed by atoms with van der Waals surface area (Å²) >= 11 is 0. The van der Waals surface area contributed by atoms with Crippen molar-refractivity contribution in [3.63, 3.8) is 0 Å². The van der Waals surface area contributed by atoms with Crippen molar-refractivity contribution in [2.45, 2.75) is 25.4 Å². The first-order chi connectivity index (χ1) is 10.9. The summed E-state index contributed by atoms with van der Waals surface area (Å²) in [6, 6.07) is 10.5. The van der Waals surface area contributed by atoms with Crippen LogP contribution >= 0.6 is 0 Å². The minimum absolute atomic E-state index is 0.295. The first-order valence-corrected chi connectivity index (χ1v) is 7.72. The lowest BCUT2D eigenvalue weighted by Gasteiger charge is -2.31. The number of imidazole rings is 1. The minimum Gasteiger partial charge on any atom is -0.300 e. The Morgan fingerprint density at radius 2 is 1.86 bits per heavy atom. The number of para-hydroxylation sites is 1. The van der Waals surface area contributed by atoms with E-state index in [-0.39, 0.29) is 6.17 Å². The van der Waals surface area contributed by atoms with Crippen LogP contribution in [0.25, 0.3) is 21.9 Å². The van der Waals surface area contributed by atoms with E-state index < -0.39 is 0 Å². The van der Waals surface area contributed by atoms with Crippen molar-refractivity contribution in [3.05, 3.63) is 36.8 Å². The van der Waals surface area contributed by atoms with Crippen LogP contribution in [0.2, 0.25) is 0 Å². The molecule has 0 aliphatic carbocycles. The summed E-state index contributed by atoms with van der Waals surface area (Å²) in [6.07, 6.45) is 6.85. The van der Waals surface area contributed by atoms with Crippen LogP contribution in [-0.2, 0) is 0 Å². The summed E-state index contributed by atoms with van der Waals surface area (Å²) in [5, 5.41) is 10.8. The molecule has 1 atom stereocenters. The van der Waals surface area contributed by atoms with Gasteiger partial charge in [-0.3, -0.25) is 9.88 Å². The SMILES string of the molecule is N#CC(N1CCCCC1)n1cnc2cnc3ccccc3c21. The van der Waals surface area contributed by atoms with Crippen molar-refractivity contribution in [2.75, 3.05) is 13.1 Å². The molecule has 0 amide bonds. The number of likely N-dealkylation sites (tertiary alicyclic amines) is 1. The molecule has 0 radical (unpaired) electrons. The molecule has 1 aromatic carbocycles. The number of rotatable bonds is 2. The molecule has 110 valence electrons. The van der Waals surface area contributed by atoms with E-state index in [0.29, 0.717) is 0 Å². The summed E-state index contributed by atoms with van der Waals surface area (Å²) in [5.41, 5.74) is 2.78. The van der Waals surface area contributed by atoms with Gasteiger partial charge in [-0.25, -0.2) is 4.98 Å². The fourth-order valence-corrected chi connectivity index (χ4v) is 3.33. The number of aromatic nitrogens is 3. The van der Waals surface area contributed by atoms with Gasteiger partial charge in [0.25, 0.3) is 0 Å². The van der Waals surface area contributed by atoms with Crippen LogP contribution in [0.5, 0.6) is 0 Å². The lowest BCUT2D eigenvalue weighted by atomic mass is 10.1. The van der Waals surface area contributed by atoms with Gasteiger partial charge in [-0.2, -0.15) is 5.26 Å². The normalized spacial score (nSPS) is 17.6. The summed E-state index contributed by atoms with van der Waals surface area (Å²) in [7, 11) is 0. The van der Waals surface area contributed by atoms with Gasteiger partial charge in [0, 0.05) is 18.5 Å². The second kappa shape index (κ2) is 5.39. The van der Waals surface area contributed by atoms with Crippen molar-refractivity contribution in [3.8, 4) is 6.07 Å². The number of pyridine rings is 1. The molecular formula is C17H17N5. The Morgan fingerprint density at radius 1 is 1.05 bits per heavy atom.